The van der Waals surface area contributed by atoms with Crippen molar-refractivity contribution in [1.29, 1.82) is 0 Å². The Morgan fingerprint density at radius 3 is 2.95 bits per heavy atom. The highest BCUT2D eigenvalue weighted by Gasteiger charge is 2.22. The lowest BCUT2D eigenvalue weighted by molar-refractivity contribution is -0.143. The summed E-state index contributed by atoms with van der Waals surface area (Å²) in [6.07, 6.45) is 1.66. The van der Waals surface area contributed by atoms with E-state index in [1.54, 1.807) is 37.1 Å². The number of para-hydroxylation sites is 1. The first-order chi connectivity index (χ1) is 10.1. The van der Waals surface area contributed by atoms with Crippen LogP contribution in [0.3, 0.4) is 0 Å². The molecule has 2 atom stereocenters. The molecule has 5 heteroatoms. The maximum atomic E-state index is 12.2. The highest BCUT2D eigenvalue weighted by atomic mass is 16.5. The number of carbonyl (C=O) groups excluding carboxylic acids is 1. The second kappa shape index (κ2) is 7.43. The molecule has 5 nitrogen and oxygen atoms in total. The quantitative estimate of drug-likeness (QED) is 0.870. The van der Waals surface area contributed by atoms with Crippen molar-refractivity contribution in [1.82, 2.24) is 4.90 Å². The summed E-state index contributed by atoms with van der Waals surface area (Å²) in [4.78, 5) is 13.8. The van der Waals surface area contributed by atoms with Gasteiger partial charge in [-0.3, -0.25) is 4.79 Å². The minimum atomic E-state index is -0.509. The second-order valence-electron chi connectivity index (χ2n) is 5.43. The number of carbonyl (C=O) groups is 1. The van der Waals surface area contributed by atoms with E-state index in [1.807, 2.05) is 6.07 Å². The zero-order valence-electron chi connectivity index (χ0n) is 12.6. The van der Waals surface area contributed by atoms with Gasteiger partial charge < -0.3 is 19.5 Å². The zero-order valence-corrected chi connectivity index (χ0v) is 12.6. The fourth-order valence-corrected chi connectivity index (χ4v) is 2.39. The number of amides is 1. The van der Waals surface area contributed by atoms with Gasteiger partial charge in [0.05, 0.1) is 12.7 Å². The Morgan fingerprint density at radius 2 is 2.29 bits per heavy atom. The minimum Gasteiger partial charge on any atom is -0.508 e. The minimum absolute atomic E-state index is 0.101. The molecule has 1 saturated heterocycles. The van der Waals surface area contributed by atoms with Crippen molar-refractivity contribution in [2.45, 2.75) is 38.5 Å². The summed E-state index contributed by atoms with van der Waals surface area (Å²) in [6, 6.07) is 7.01. The van der Waals surface area contributed by atoms with E-state index in [-0.39, 0.29) is 17.8 Å². The lowest BCUT2D eigenvalue weighted by Gasteiger charge is -2.23. The summed E-state index contributed by atoms with van der Waals surface area (Å²) in [7, 11) is 1.71. The third-order valence-electron chi connectivity index (χ3n) is 3.68. The maximum Gasteiger partial charge on any atom is 0.251 e. The Kier molecular flexibility index (Phi) is 5.59. The summed E-state index contributed by atoms with van der Waals surface area (Å²) in [5.41, 5.74) is 0.722. The van der Waals surface area contributed by atoms with Crippen molar-refractivity contribution in [3.8, 4) is 5.75 Å². The van der Waals surface area contributed by atoms with Crippen LogP contribution < -0.4 is 0 Å². The predicted molar refractivity (Wildman–Crippen MR) is 79.0 cm³/mol. The van der Waals surface area contributed by atoms with Crippen LogP contribution in [0.4, 0.5) is 0 Å². The van der Waals surface area contributed by atoms with Gasteiger partial charge in [0, 0.05) is 25.8 Å². The molecule has 1 heterocycles. The molecule has 1 aliphatic heterocycles. The number of hydrogen-bond donors (Lipinski definition) is 1. The molecule has 2 unspecified atom stereocenters. The number of likely N-dealkylation sites (N-methyl/N-ethyl adjacent to an activating group) is 1. The first kappa shape index (κ1) is 15.8. The van der Waals surface area contributed by atoms with Crippen molar-refractivity contribution in [2.75, 3.05) is 20.3 Å². The molecule has 116 valence electrons. The van der Waals surface area contributed by atoms with Gasteiger partial charge in [-0.1, -0.05) is 18.2 Å². The molecule has 1 aromatic rings. The first-order valence-electron chi connectivity index (χ1n) is 7.33. The van der Waals surface area contributed by atoms with E-state index >= 15 is 0 Å². The highest BCUT2D eigenvalue weighted by Crippen LogP contribution is 2.18. The Balaban J connectivity index is 1.82. The van der Waals surface area contributed by atoms with E-state index in [2.05, 4.69) is 0 Å². The SMILES string of the molecule is CC(OCC1CCCO1)C(=O)N(C)Cc1ccccc1O. The molecule has 1 aromatic carbocycles. The van der Waals surface area contributed by atoms with Crippen LogP contribution in [0.2, 0.25) is 0 Å². The number of nitrogens with zero attached hydrogens (tertiary/aromatic N) is 1. The Bertz CT molecular complexity index is 471. The van der Waals surface area contributed by atoms with Gasteiger partial charge in [-0.05, 0) is 25.8 Å². The zero-order chi connectivity index (χ0) is 15.2. The van der Waals surface area contributed by atoms with Gasteiger partial charge in [-0.15, -0.1) is 0 Å². The summed E-state index contributed by atoms with van der Waals surface area (Å²) in [5.74, 6) is 0.0985. The molecule has 0 aromatic heterocycles. The second-order valence-corrected chi connectivity index (χ2v) is 5.43. The van der Waals surface area contributed by atoms with Crippen LogP contribution in [0.5, 0.6) is 5.75 Å². The summed E-state index contributed by atoms with van der Waals surface area (Å²) in [5, 5.41) is 9.74. The fourth-order valence-electron chi connectivity index (χ4n) is 2.39. The number of rotatable bonds is 6. The van der Waals surface area contributed by atoms with Gasteiger partial charge in [0.15, 0.2) is 0 Å². The van der Waals surface area contributed by atoms with E-state index in [9.17, 15) is 9.90 Å². The van der Waals surface area contributed by atoms with Gasteiger partial charge in [0.2, 0.25) is 0 Å². The van der Waals surface area contributed by atoms with Gasteiger partial charge in [0.1, 0.15) is 11.9 Å². The van der Waals surface area contributed by atoms with Crippen molar-refractivity contribution in [3.63, 3.8) is 0 Å². The van der Waals surface area contributed by atoms with Gasteiger partial charge in [-0.2, -0.15) is 0 Å². The third-order valence-corrected chi connectivity index (χ3v) is 3.68. The Morgan fingerprint density at radius 1 is 1.52 bits per heavy atom. The molecular weight excluding hydrogens is 270 g/mol. The van der Waals surface area contributed by atoms with E-state index in [0.29, 0.717) is 13.2 Å². The predicted octanol–water partition coefficient (Wildman–Crippen LogP) is 1.93. The molecule has 2 rings (SSSR count). The number of hydrogen-bond acceptors (Lipinski definition) is 4. The number of ether oxygens (including phenoxy) is 2. The van der Waals surface area contributed by atoms with Crippen LogP contribution in [0, 0.1) is 0 Å². The van der Waals surface area contributed by atoms with Crippen LogP contribution in [0.25, 0.3) is 0 Å². The van der Waals surface area contributed by atoms with Gasteiger partial charge >= 0.3 is 0 Å². The van der Waals surface area contributed by atoms with Crippen LogP contribution in [-0.2, 0) is 20.8 Å². The van der Waals surface area contributed by atoms with Crippen molar-refractivity contribution in [2.24, 2.45) is 0 Å². The molecule has 0 aliphatic carbocycles. The fraction of sp³-hybridized carbons (Fsp3) is 0.562. The van der Waals surface area contributed by atoms with Crippen LogP contribution in [0.15, 0.2) is 24.3 Å². The van der Waals surface area contributed by atoms with Gasteiger partial charge in [0.25, 0.3) is 5.91 Å². The van der Waals surface area contributed by atoms with Gasteiger partial charge in [-0.25, -0.2) is 0 Å². The summed E-state index contributed by atoms with van der Waals surface area (Å²) >= 11 is 0. The molecule has 1 amide bonds. The molecule has 1 N–H and O–H groups in total. The molecule has 1 fully saturated rings. The Hall–Kier alpha value is -1.59. The number of phenolic OH excluding ortho intramolecular Hbond substituents is 1. The average Bonchev–Trinajstić information content (AvgIpc) is 2.99. The number of benzene rings is 1. The first-order valence-corrected chi connectivity index (χ1v) is 7.33. The largest absolute Gasteiger partial charge is 0.508 e. The average molecular weight is 293 g/mol. The van der Waals surface area contributed by atoms with E-state index < -0.39 is 6.10 Å². The van der Waals surface area contributed by atoms with E-state index in [0.717, 1.165) is 25.0 Å². The number of aromatic hydroxyl groups is 1. The topological polar surface area (TPSA) is 59.0 Å². The van der Waals surface area contributed by atoms with E-state index in [4.69, 9.17) is 9.47 Å². The highest BCUT2D eigenvalue weighted by molar-refractivity contribution is 5.80. The van der Waals surface area contributed by atoms with Crippen molar-refractivity contribution in [3.05, 3.63) is 29.8 Å². The normalized spacial score (nSPS) is 19.4. The third kappa shape index (κ3) is 4.44. The lowest BCUT2D eigenvalue weighted by Crippen LogP contribution is -2.37. The van der Waals surface area contributed by atoms with E-state index in [1.165, 1.54) is 0 Å². The monoisotopic (exact) mass is 293 g/mol. The summed E-state index contributed by atoms with van der Waals surface area (Å²) < 4.78 is 11.1. The molecule has 0 bridgehead atoms. The van der Waals surface area contributed by atoms with Crippen molar-refractivity contribution >= 4 is 5.91 Å². The molecule has 0 radical (unpaired) electrons. The molecule has 0 saturated carbocycles. The molecule has 21 heavy (non-hydrogen) atoms. The smallest absolute Gasteiger partial charge is 0.251 e. The van der Waals surface area contributed by atoms with Crippen LogP contribution in [-0.4, -0.2) is 48.4 Å². The molecular formula is C16H23NO4. The van der Waals surface area contributed by atoms with Crippen LogP contribution >= 0.6 is 0 Å². The maximum absolute atomic E-state index is 12.2. The van der Waals surface area contributed by atoms with Crippen molar-refractivity contribution < 1.29 is 19.4 Å². The van der Waals surface area contributed by atoms with Crippen LogP contribution in [0.1, 0.15) is 25.3 Å². The number of phenols is 1. The summed E-state index contributed by atoms with van der Waals surface area (Å²) in [6.45, 7) is 3.35. The molecule has 1 aliphatic rings. The Labute approximate surface area is 125 Å². The molecule has 0 spiro atoms. The lowest BCUT2D eigenvalue weighted by atomic mass is 10.2. The standard InChI is InChI=1S/C16H23NO4/c1-12(21-11-14-7-5-9-20-14)16(19)17(2)10-13-6-3-4-8-15(13)18/h3-4,6,8,12,14,18H,5,7,9-11H2,1-2H3.